The quantitative estimate of drug-likeness (QED) is 0.241. The Kier molecular flexibility index (Phi) is 8.53. The zero-order chi connectivity index (χ0) is 21.3. The van der Waals surface area contributed by atoms with Gasteiger partial charge < -0.3 is 5.11 Å². The van der Waals surface area contributed by atoms with E-state index in [2.05, 4.69) is 4.72 Å². The van der Waals surface area contributed by atoms with Gasteiger partial charge in [-0.15, -0.1) is 0 Å². The number of nitrogens with zero attached hydrogens (tertiary/aromatic N) is 1. The van der Waals surface area contributed by atoms with E-state index in [-0.39, 0.29) is 24.1 Å². The van der Waals surface area contributed by atoms with E-state index < -0.39 is 20.9 Å². The third-order valence-corrected chi connectivity index (χ3v) is 5.99. The molecule has 1 aromatic carbocycles. The number of benzene rings is 1. The topological polar surface area (TPSA) is 127 Å². The minimum atomic E-state index is -3.67. The van der Waals surface area contributed by atoms with Gasteiger partial charge in [-0.3, -0.25) is 14.9 Å². The van der Waals surface area contributed by atoms with E-state index in [4.69, 9.17) is 5.11 Å². The number of carboxylic acid groups (broad SMARTS) is 1. The molecule has 8 nitrogen and oxygen atoms in total. The summed E-state index contributed by atoms with van der Waals surface area (Å²) in [5.74, 6) is -0.603. The number of hydrogen-bond donors (Lipinski definition) is 2. The summed E-state index contributed by atoms with van der Waals surface area (Å²) in [6, 6.07) is 5.63. The molecule has 29 heavy (non-hydrogen) atoms. The SMILES string of the molecule is O=C(O)CCC/C=C/CC1CCCC1NS(=O)(=O)/C=C/c1cccc([N+](=O)[O-])c1. The van der Waals surface area contributed by atoms with Gasteiger partial charge in [-0.2, -0.15) is 0 Å². The van der Waals surface area contributed by atoms with Crippen LogP contribution >= 0.6 is 0 Å². The van der Waals surface area contributed by atoms with Crippen LogP contribution in [0, 0.1) is 16.0 Å². The highest BCUT2D eigenvalue weighted by atomic mass is 32.2. The molecular weight excluding hydrogens is 396 g/mol. The van der Waals surface area contributed by atoms with Crippen LogP contribution in [0.2, 0.25) is 0 Å². The van der Waals surface area contributed by atoms with Crippen molar-refractivity contribution in [3.63, 3.8) is 0 Å². The Morgan fingerprint density at radius 1 is 1.31 bits per heavy atom. The predicted octanol–water partition coefficient (Wildman–Crippen LogP) is 3.85. The number of allylic oxidation sites excluding steroid dienone is 2. The molecule has 0 aromatic heterocycles. The highest BCUT2D eigenvalue weighted by Crippen LogP contribution is 2.29. The van der Waals surface area contributed by atoms with Crippen LogP contribution in [0.3, 0.4) is 0 Å². The van der Waals surface area contributed by atoms with E-state index in [1.165, 1.54) is 24.3 Å². The zero-order valence-electron chi connectivity index (χ0n) is 16.1. The molecule has 1 aliphatic rings. The Hall–Kier alpha value is -2.52. The minimum Gasteiger partial charge on any atom is -0.481 e. The van der Waals surface area contributed by atoms with E-state index in [0.717, 1.165) is 31.1 Å². The number of sulfonamides is 1. The number of nitro groups is 1. The van der Waals surface area contributed by atoms with Crippen molar-refractivity contribution < 1.29 is 23.2 Å². The molecule has 2 atom stereocenters. The molecule has 1 aromatic rings. The molecule has 1 fully saturated rings. The van der Waals surface area contributed by atoms with Gasteiger partial charge in [0.25, 0.3) is 5.69 Å². The van der Waals surface area contributed by atoms with Crippen LogP contribution in [0.1, 0.15) is 50.5 Å². The Morgan fingerprint density at radius 2 is 2.10 bits per heavy atom. The van der Waals surface area contributed by atoms with Crippen LogP contribution in [0.4, 0.5) is 5.69 Å². The molecule has 2 rings (SSSR count). The lowest BCUT2D eigenvalue weighted by Gasteiger charge is -2.18. The van der Waals surface area contributed by atoms with Gasteiger partial charge in [-0.05, 0) is 49.7 Å². The lowest BCUT2D eigenvalue weighted by atomic mass is 10.00. The summed E-state index contributed by atoms with van der Waals surface area (Å²) in [5.41, 5.74) is 0.348. The van der Waals surface area contributed by atoms with Gasteiger partial charge in [0.2, 0.25) is 10.0 Å². The van der Waals surface area contributed by atoms with Gasteiger partial charge in [-0.25, -0.2) is 13.1 Å². The smallest absolute Gasteiger partial charge is 0.303 e. The fourth-order valence-corrected chi connectivity index (χ4v) is 4.54. The van der Waals surface area contributed by atoms with Crippen molar-refractivity contribution in [3.05, 3.63) is 57.5 Å². The Balaban J connectivity index is 1.89. The Labute approximate surface area is 170 Å². The van der Waals surface area contributed by atoms with Crippen LogP contribution in [-0.2, 0) is 14.8 Å². The average Bonchev–Trinajstić information content (AvgIpc) is 3.09. The second kappa shape index (κ2) is 10.9. The van der Waals surface area contributed by atoms with Crippen LogP contribution < -0.4 is 4.72 Å². The maximum absolute atomic E-state index is 12.4. The highest BCUT2D eigenvalue weighted by molar-refractivity contribution is 7.92. The molecule has 0 spiro atoms. The lowest BCUT2D eigenvalue weighted by Crippen LogP contribution is -2.36. The normalized spacial score (nSPS) is 19.9. The van der Waals surface area contributed by atoms with E-state index in [1.54, 1.807) is 6.07 Å². The van der Waals surface area contributed by atoms with Gasteiger partial charge in [0.15, 0.2) is 0 Å². The van der Waals surface area contributed by atoms with Crippen molar-refractivity contribution in [3.8, 4) is 0 Å². The number of unbranched alkanes of at least 4 members (excludes halogenated alkanes) is 1. The molecule has 0 bridgehead atoms. The molecule has 0 heterocycles. The largest absolute Gasteiger partial charge is 0.481 e. The maximum atomic E-state index is 12.4. The molecule has 0 saturated heterocycles. The summed E-state index contributed by atoms with van der Waals surface area (Å²) >= 11 is 0. The third kappa shape index (κ3) is 8.16. The monoisotopic (exact) mass is 422 g/mol. The number of nitro benzene ring substituents is 1. The average molecular weight is 423 g/mol. The lowest BCUT2D eigenvalue weighted by molar-refractivity contribution is -0.384. The number of aliphatic carboxylic acids is 1. The maximum Gasteiger partial charge on any atom is 0.303 e. The first-order chi connectivity index (χ1) is 13.8. The van der Waals surface area contributed by atoms with E-state index in [1.807, 2.05) is 12.2 Å². The van der Waals surface area contributed by atoms with E-state index in [0.29, 0.717) is 18.4 Å². The first-order valence-electron chi connectivity index (χ1n) is 9.58. The van der Waals surface area contributed by atoms with Crippen molar-refractivity contribution in [2.45, 2.75) is 51.0 Å². The minimum absolute atomic E-state index is 0.0940. The van der Waals surface area contributed by atoms with E-state index in [9.17, 15) is 23.3 Å². The highest BCUT2D eigenvalue weighted by Gasteiger charge is 2.29. The third-order valence-electron chi connectivity index (χ3n) is 4.86. The second-order valence-corrected chi connectivity index (χ2v) is 8.71. The number of hydrogen-bond acceptors (Lipinski definition) is 5. The van der Waals surface area contributed by atoms with E-state index >= 15 is 0 Å². The van der Waals surface area contributed by atoms with Crippen molar-refractivity contribution in [1.82, 2.24) is 4.72 Å². The first kappa shape index (κ1) is 22.8. The van der Waals surface area contributed by atoms with Crippen LogP contribution in [0.5, 0.6) is 0 Å². The number of carbonyl (C=O) groups is 1. The van der Waals surface area contributed by atoms with Gasteiger partial charge in [0.1, 0.15) is 0 Å². The van der Waals surface area contributed by atoms with Gasteiger partial charge in [0.05, 0.1) is 4.92 Å². The van der Waals surface area contributed by atoms with Gasteiger partial charge in [-0.1, -0.05) is 30.7 Å². The van der Waals surface area contributed by atoms with Crippen molar-refractivity contribution in [2.75, 3.05) is 0 Å². The molecule has 2 unspecified atom stereocenters. The van der Waals surface area contributed by atoms with Gasteiger partial charge >= 0.3 is 5.97 Å². The Bertz CT molecular complexity index is 879. The summed E-state index contributed by atoms with van der Waals surface area (Å²) in [5, 5.41) is 20.5. The fraction of sp³-hybridized carbons (Fsp3) is 0.450. The molecule has 0 aliphatic heterocycles. The molecule has 2 N–H and O–H groups in total. The van der Waals surface area contributed by atoms with Crippen LogP contribution in [-0.4, -0.2) is 30.5 Å². The van der Waals surface area contributed by atoms with Crippen molar-refractivity contribution in [2.24, 2.45) is 5.92 Å². The number of nitrogens with one attached hydrogen (secondary N) is 1. The molecular formula is C20H26N2O6S. The second-order valence-electron chi connectivity index (χ2n) is 7.11. The number of rotatable bonds is 11. The molecule has 9 heteroatoms. The molecule has 0 amide bonds. The molecule has 158 valence electrons. The molecule has 1 aliphatic carbocycles. The summed E-state index contributed by atoms with van der Waals surface area (Å²) in [6.45, 7) is 0. The number of carboxylic acids is 1. The predicted molar refractivity (Wildman–Crippen MR) is 111 cm³/mol. The van der Waals surface area contributed by atoms with Crippen LogP contribution in [0.15, 0.2) is 41.8 Å². The molecule has 1 saturated carbocycles. The van der Waals surface area contributed by atoms with Crippen molar-refractivity contribution in [1.29, 1.82) is 0 Å². The summed E-state index contributed by atoms with van der Waals surface area (Å²) in [4.78, 5) is 20.8. The first-order valence-corrected chi connectivity index (χ1v) is 11.1. The van der Waals surface area contributed by atoms with Gasteiger partial charge in [0, 0.05) is 30.0 Å². The standard InChI is InChI=1S/C20H26N2O6S/c23-20(24)12-4-2-1-3-8-17-9-6-11-19(17)21-29(27,28)14-13-16-7-5-10-18(15-16)22(25)26/h1,3,5,7,10,13-15,17,19,21H,2,4,6,8-9,11-12H2,(H,23,24)/b3-1+,14-13+. The van der Waals surface area contributed by atoms with Crippen LogP contribution in [0.25, 0.3) is 6.08 Å². The number of non-ortho nitro benzene ring substituents is 1. The summed E-state index contributed by atoms with van der Waals surface area (Å²) in [6.07, 6.45) is 10.1. The summed E-state index contributed by atoms with van der Waals surface area (Å²) < 4.78 is 27.5. The summed E-state index contributed by atoms with van der Waals surface area (Å²) in [7, 11) is -3.67. The Morgan fingerprint density at radius 3 is 2.83 bits per heavy atom. The molecule has 0 radical (unpaired) electrons. The van der Waals surface area contributed by atoms with Crippen molar-refractivity contribution >= 4 is 27.8 Å². The fourth-order valence-electron chi connectivity index (χ4n) is 3.39. The zero-order valence-corrected chi connectivity index (χ0v) is 16.9.